The minimum atomic E-state index is 0.900. The Morgan fingerprint density at radius 3 is 2.23 bits per heavy atom. The quantitative estimate of drug-likeness (QED) is 0.770. The number of nitrogens with one attached hydrogen (secondary N) is 1. The molecular weight excluding hydrogens is 322 g/mol. The molecule has 1 fully saturated rings. The molecule has 26 heavy (non-hydrogen) atoms. The van der Waals surface area contributed by atoms with Crippen LogP contribution in [-0.2, 0) is 13.1 Å². The van der Waals surface area contributed by atoms with Crippen molar-refractivity contribution >= 4 is 0 Å². The largest absolute Gasteiger partial charge is 0.297 e. The van der Waals surface area contributed by atoms with Gasteiger partial charge in [0.2, 0.25) is 0 Å². The SMILES string of the molecule is Cc1[nH]nc(CN2CCN(Cc3ccncc3)CC2)c1-c1ccccc1. The van der Waals surface area contributed by atoms with E-state index in [-0.39, 0.29) is 0 Å². The van der Waals surface area contributed by atoms with Crippen LogP contribution >= 0.6 is 0 Å². The summed E-state index contributed by atoms with van der Waals surface area (Å²) in [5.41, 5.74) is 6.12. The number of aryl methyl sites for hydroxylation is 1. The maximum absolute atomic E-state index is 4.59. The van der Waals surface area contributed by atoms with Crippen LogP contribution in [0.3, 0.4) is 0 Å². The number of aromatic amines is 1. The molecule has 1 aliphatic rings. The number of benzene rings is 1. The number of hydrogen-bond donors (Lipinski definition) is 1. The number of rotatable bonds is 5. The molecule has 0 radical (unpaired) electrons. The number of piperazine rings is 1. The molecule has 5 heteroatoms. The molecule has 1 saturated heterocycles. The Labute approximate surface area is 154 Å². The first-order valence-corrected chi connectivity index (χ1v) is 9.22. The molecular formula is C21H25N5. The van der Waals surface area contributed by atoms with Gasteiger partial charge in [-0.05, 0) is 30.2 Å². The van der Waals surface area contributed by atoms with Crippen molar-refractivity contribution < 1.29 is 0 Å². The average Bonchev–Trinajstić information content (AvgIpc) is 3.05. The summed E-state index contributed by atoms with van der Waals surface area (Å²) in [6.07, 6.45) is 3.74. The van der Waals surface area contributed by atoms with Crippen molar-refractivity contribution in [2.45, 2.75) is 20.0 Å². The first-order chi connectivity index (χ1) is 12.8. The van der Waals surface area contributed by atoms with Crippen molar-refractivity contribution in [3.8, 4) is 11.1 Å². The summed E-state index contributed by atoms with van der Waals surface area (Å²) in [7, 11) is 0. The van der Waals surface area contributed by atoms with Gasteiger partial charge < -0.3 is 0 Å². The van der Waals surface area contributed by atoms with Crippen LogP contribution < -0.4 is 0 Å². The first kappa shape index (κ1) is 16.9. The fraction of sp³-hybridized carbons (Fsp3) is 0.333. The summed E-state index contributed by atoms with van der Waals surface area (Å²) in [6.45, 7) is 8.34. The van der Waals surface area contributed by atoms with E-state index in [0.29, 0.717) is 0 Å². The molecule has 0 spiro atoms. The number of aromatic nitrogens is 3. The van der Waals surface area contributed by atoms with Crippen molar-refractivity contribution in [3.05, 3.63) is 71.8 Å². The van der Waals surface area contributed by atoms with Gasteiger partial charge in [-0.25, -0.2) is 0 Å². The van der Waals surface area contributed by atoms with Crippen LogP contribution in [0.4, 0.5) is 0 Å². The van der Waals surface area contributed by atoms with E-state index in [1.54, 1.807) is 0 Å². The fourth-order valence-electron chi connectivity index (χ4n) is 3.65. The van der Waals surface area contributed by atoms with E-state index in [4.69, 9.17) is 0 Å². The van der Waals surface area contributed by atoms with Crippen LogP contribution in [0.1, 0.15) is 17.0 Å². The molecule has 1 N–H and O–H groups in total. The highest BCUT2D eigenvalue weighted by molar-refractivity contribution is 5.68. The molecule has 2 aromatic heterocycles. The Kier molecular flexibility index (Phi) is 5.09. The van der Waals surface area contributed by atoms with Crippen LogP contribution in [0.5, 0.6) is 0 Å². The topological polar surface area (TPSA) is 48.1 Å². The molecule has 0 unspecified atom stereocenters. The van der Waals surface area contributed by atoms with Crippen molar-refractivity contribution in [2.75, 3.05) is 26.2 Å². The molecule has 1 aromatic carbocycles. The van der Waals surface area contributed by atoms with Gasteiger partial charge in [0.25, 0.3) is 0 Å². The molecule has 0 bridgehead atoms. The second-order valence-electron chi connectivity index (χ2n) is 6.94. The van der Waals surface area contributed by atoms with E-state index in [1.165, 1.54) is 16.7 Å². The standard InChI is InChI=1S/C21H25N5/c1-17-21(19-5-3-2-4-6-19)20(24-23-17)16-26-13-11-25(12-14-26)15-18-7-9-22-10-8-18/h2-10H,11-16H2,1H3,(H,23,24). The predicted molar refractivity (Wildman–Crippen MR) is 104 cm³/mol. The fourth-order valence-corrected chi connectivity index (χ4v) is 3.65. The zero-order valence-electron chi connectivity index (χ0n) is 15.2. The number of nitrogens with zero attached hydrogens (tertiary/aromatic N) is 4. The Hall–Kier alpha value is -2.50. The lowest BCUT2D eigenvalue weighted by atomic mass is 10.0. The summed E-state index contributed by atoms with van der Waals surface area (Å²) >= 11 is 0. The van der Waals surface area contributed by atoms with Crippen LogP contribution in [0.25, 0.3) is 11.1 Å². The average molecular weight is 347 g/mol. The van der Waals surface area contributed by atoms with Crippen LogP contribution in [0, 0.1) is 6.92 Å². The highest BCUT2D eigenvalue weighted by Crippen LogP contribution is 2.26. The highest BCUT2D eigenvalue weighted by Gasteiger charge is 2.20. The van der Waals surface area contributed by atoms with Crippen LogP contribution in [0.15, 0.2) is 54.9 Å². The van der Waals surface area contributed by atoms with Crippen LogP contribution in [0.2, 0.25) is 0 Å². The van der Waals surface area contributed by atoms with Crippen molar-refractivity contribution in [3.63, 3.8) is 0 Å². The zero-order chi connectivity index (χ0) is 17.8. The predicted octanol–water partition coefficient (Wildman–Crippen LogP) is 3.10. The second kappa shape index (κ2) is 7.81. The van der Waals surface area contributed by atoms with E-state index in [2.05, 4.69) is 74.4 Å². The molecule has 4 rings (SSSR count). The summed E-state index contributed by atoms with van der Waals surface area (Å²) in [6, 6.07) is 14.8. The van der Waals surface area contributed by atoms with Gasteiger partial charge in [0, 0.05) is 62.9 Å². The Bertz CT molecular complexity index is 820. The Morgan fingerprint density at radius 1 is 0.885 bits per heavy atom. The molecule has 1 aliphatic heterocycles. The monoisotopic (exact) mass is 347 g/mol. The maximum atomic E-state index is 4.59. The minimum Gasteiger partial charge on any atom is -0.297 e. The summed E-state index contributed by atoms with van der Waals surface area (Å²) in [4.78, 5) is 9.11. The molecule has 134 valence electrons. The van der Waals surface area contributed by atoms with E-state index in [1.807, 2.05) is 12.4 Å². The van der Waals surface area contributed by atoms with Crippen molar-refractivity contribution in [1.29, 1.82) is 0 Å². The molecule has 0 aliphatic carbocycles. The van der Waals surface area contributed by atoms with Gasteiger partial charge in [-0.3, -0.25) is 19.9 Å². The summed E-state index contributed by atoms with van der Waals surface area (Å²) in [5, 5.41) is 7.76. The third-order valence-electron chi connectivity index (χ3n) is 5.08. The summed E-state index contributed by atoms with van der Waals surface area (Å²) in [5.74, 6) is 0. The van der Waals surface area contributed by atoms with E-state index < -0.39 is 0 Å². The van der Waals surface area contributed by atoms with Gasteiger partial charge in [0.05, 0.1) is 5.69 Å². The van der Waals surface area contributed by atoms with Crippen molar-refractivity contribution in [1.82, 2.24) is 25.0 Å². The third-order valence-corrected chi connectivity index (χ3v) is 5.08. The lowest BCUT2D eigenvalue weighted by Crippen LogP contribution is -2.45. The van der Waals surface area contributed by atoms with Crippen molar-refractivity contribution in [2.24, 2.45) is 0 Å². The van der Waals surface area contributed by atoms with E-state index in [0.717, 1.165) is 50.7 Å². The third kappa shape index (κ3) is 3.84. The minimum absolute atomic E-state index is 0.900. The van der Waals surface area contributed by atoms with Crippen LogP contribution in [-0.4, -0.2) is 51.2 Å². The van der Waals surface area contributed by atoms with E-state index in [9.17, 15) is 0 Å². The van der Waals surface area contributed by atoms with Gasteiger partial charge in [0.15, 0.2) is 0 Å². The van der Waals surface area contributed by atoms with Gasteiger partial charge >= 0.3 is 0 Å². The zero-order valence-corrected chi connectivity index (χ0v) is 15.2. The Morgan fingerprint density at radius 2 is 1.54 bits per heavy atom. The first-order valence-electron chi connectivity index (χ1n) is 9.22. The smallest absolute Gasteiger partial charge is 0.0843 e. The van der Waals surface area contributed by atoms with E-state index >= 15 is 0 Å². The number of hydrogen-bond acceptors (Lipinski definition) is 4. The van der Waals surface area contributed by atoms with Gasteiger partial charge in [0.1, 0.15) is 0 Å². The highest BCUT2D eigenvalue weighted by atomic mass is 15.3. The second-order valence-corrected chi connectivity index (χ2v) is 6.94. The lowest BCUT2D eigenvalue weighted by Gasteiger charge is -2.34. The molecule has 3 aromatic rings. The number of pyridine rings is 1. The van der Waals surface area contributed by atoms with Gasteiger partial charge in [-0.15, -0.1) is 0 Å². The molecule has 0 amide bonds. The molecule has 0 saturated carbocycles. The normalized spacial score (nSPS) is 16.0. The van der Waals surface area contributed by atoms with Gasteiger partial charge in [-0.1, -0.05) is 30.3 Å². The maximum Gasteiger partial charge on any atom is 0.0843 e. The number of H-pyrrole nitrogens is 1. The Balaban J connectivity index is 1.38. The summed E-state index contributed by atoms with van der Waals surface area (Å²) < 4.78 is 0. The molecule has 3 heterocycles. The molecule has 5 nitrogen and oxygen atoms in total. The lowest BCUT2D eigenvalue weighted by molar-refractivity contribution is 0.121. The van der Waals surface area contributed by atoms with Gasteiger partial charge in [-0.2, -0.15) is 5.10 Å². The molecule has 0 atom stereocenters.